The number of hydrogen-bond acceptors (Lipinski definition) is 6. The quantitative estimate of drug-likeness (QED) is 0.474. The maximum absolute atomic E-state index is 12.8. The van der Waals surface area contributed by atoms with E-state index in [-0.39, 0.29) is 12.3 Å². The number of hydrogen-bond donors (Lipinski definition) is 1. The molecular weight excluding hydrogens is 440 g/mol. The first-order valence-electron chi connectivity index (χ1n) is 12.2. The molecule has 0 radical (unpaired) electrons. The Morgan fingerprint density at radius 1 is 0.943 bits per heavy atom. The molecule has 2 aliphatic heterocycles. The van der Waals surface area contributed by atoms with Gasteiger partial charge in [0.05, 0.1) is 25.3 Å². The highest BCUT2D eigenvalue weighted by atomic mass is 16.5. The molecule has 35 heavy (non-hydrogen) atoms. The lowest BCUT2D eigenvalue weighted by atomic mass is 10.0. The summed E-state index contributed by atoms with van der Waals surface area (Å²) in [6, 6.07) is 19.0. The molecule has 1 saturated heterocycles. The summed E-state index contributed by atoms with van der Waals surface area (Å²) in [4.78, 5) is 21.4. The Morgan fingerprint density at radius 3 is 2.51 bits per heavy atom. The summed E-state index contributed by atoms with van der Waals surface area (Å²) in [6.45, 7) is 4.70. The summed E-state index contributed by atoms with van der Waals surface area (Å²) in [5.74, 6) is 0.762. The maximum atomic E-state index is 12.8. The predicted molar refractivity (Wildman–Crippen MR) is 137 cm³/mol. The van der Waals surface area contributed by atoms with Gasteiger partial charge in [-0.1, -0.05) is 42.5 Å². The van der Waals surface area contributed by atoms with Crippen molar-refractivity contribution in [1.82, 2.24) is 9.88 Å². The van der Waals surface area contributed by atoms with Gasteiger partial charge in [-0.25, -0.2) is 0 Å². The molecule has 3 aromatic rings. The van der Waals surface area contributed by atoms with E-state index in [1.807, 2.05) is 0 Å². The zero-order valence-electron chi connectivity index (χ0n) is 20.2. The molecule has 7 heteroatoms. The third kappa shape index (κ3) is 5.31. The van der Waals surface area contributed by atoms with Gasteiger partial charge in [-0.3, -0.25) is 9.69 Å². The lowest BCUT2D eigenvalue weighted by Gasteiger charge is -2.19. The summed E-state index contributed by atoms with van der Waals surface area (Å²) in [6.07, 6.45) is 2.86. The second kappa shape index (κ2) is 10.5. The van der Waals surface area contributed by atoms with Crippen molar-refractivity contribution in [2.45, 2.75) is 32.4 Å². The molecule has 3 heterocycles. The first-order valence-corrected chi connectivity index (χ1v) is 12.2. The normalized spacial score (nSPS) is 15.6. The summed E-state index contributed by atoms with van der Waals surface area (Å²) >= 11 is 0. The summed E-state index contributed by atoms with van der Waals surface area (Å²) in [5, 5.41) is 0. The SMILES string of the molecule is COCCOc1cc2c(c(N)n1)CC(=O)N2Cc1ccc(-c2cccc(CN3CCCC3)c2)cc1. The molecule has 1 amide bonds. The molecule has 0 saturated carbocycles. The van der Waals surface area contributed by atoms with Crippen molar-refractivity contribution in [3.05, 3.63) is 71.3 Å². The zero-order chi connectivity index (χ0) is 24.2. The summed E-state index contributed by atoms with van der Waals surface area (Å²) < 4.78 is 10.7. The highest BCUT2D eigenvalue weighted by Crippen LogP contribution is 2.36. The van der Waals surface area contributed by atoms with E-state index in [9.17, 15) is 4.79 Å². The van der Waals surface area contributed by atoms with E-state index in [0.717, 1.165) is 23.4 Å². The van der Waals surface area contributed by atoms with Gasteiger partial charge >= 0.3 is 0 Å². The monoisotopic (exact) mass is 472 g/mol. The summed E-state index contributed by atoms with van der Waals surface area (Å²) in [5.41, 5.74) is 12.5. The number of nitrogens with two attached hydrogens (primary N) is 1. The van der Waals surface area contributed by atoms with Gasteiger partial charge in [0.1, 0.15) is 12.4 Å². The van der Waals surface area contributed by atoms with Crippen molar-refractivity contribution >= 4 is 17.4 Å². The Labute approximate surface area is 206 Å². The topological polar surface area (TPSA) is 80.9 Å². The van der Waals surface area contributed by atoms with E-state index >= 15 is 0 Å². The van der Waals surface area contributed by atoms with Crippen LogP contribution in [0.15, 0.2) is 54.6 Å². The van der Waals surface area contributed by atoms with Crippen LogP contribution >= 0.6 is 0 Å². The lowest BCUT2D eigenvalue weighted by Crippen LogP contribution is -2.26. The van der Waals surface area contributed by atoms with Crippen molar-refractivity contribution in [1.29, 1.82) is 0 Å². The number of benzene rings is 2. The number of amides is 1. The number of pyridine rings is 1. The van der Waals surface area contributed by atoms with Gasteiger partial charge in [-0.2, -0.15) is 4.98 Å². The highest BCUT2D eigenvalue weighted by Gasteiger charge is 2.30. The first kappa shape index (κ1) is 23.3. The Kier molecular flexibility index (Phi) is 6.97. The smallest absolute Gasteiger partial charge is 0.231 e. The Hall–Kier alpha value is -3.42. The van der Waals surface area contributed by atoms with Crippen LogP contribution in [0.25, 0.3) is 11.1 Å². The Morgan fingerprint density at radius 2 is 1.74 bits per heavy atom. The van der Waals surface area contributed by atoms with Crippen LogP contribution in [0.2, 0.25) is 0 Å². The van der Waals surface area contributed by atoms with Crippen molar-refractivity contribution in [3.63, 3.8) is 0 Å². The maximum Gasteiger partial charge on any atom is 0.231 e. The zero-order valence-corrected chi connectivity index (χ0v) is 20.2. The third-order valence-corrected chi connectivity index (χ3v) is 6.73. The molecular formula is C28H32N4O3. The molecule has 5 rings (SSSR count). The number of likely N-dealkylation sites (tertiary alicyclic amines) is 1. The third-order valence-electron chi connectivity index (χ3n) is 6.73. The van der Waals surface area contributed by atoms with Crippen LogP contribution in [0, 0.1) is 0 Å². The molecule has 1 fully saturated rings. The molecule has 0 atom stereocenters. The minimum atomic E-state index is 0.0150. The molecule has 2 aliphatic rings. The van der Waals surface area contributed by atoms with E-state index in [4.69, 9.17) is 15.2 Å². The predicted octanol–water partition coefficient (Wildman–Crippen LogP) is 4.04. The summed E-state index contributed by atoms with van der Waals surface area (Å²) in [7, 11) is 1.62. The fourth-order valence-electron chi connectivity index (χ4n) is 4.87. The van der Waals surface area contributed by atoms with Crippen LogP contribution in [-0.2, 0) is 29.0 Å². The second-order valence-corrected chi connectivity index (χ2v) is 9.22. The Bertz CT molecular complexity index is 1190. The minimum absolute atomic E-state index is 0.0150. The number of nitrogen functional groups attached to an aromatic ring is 1. The largest absolute Gasteiger partial charge is 0.475 e. The van der Waals surface area contributed by atoms with Crippen molar-refractivity contribution < 1.29 is 14.3 Å². The molecule has 2 N–H and O–H groups in total. The number of carbonyl (C=O) groups is 1. The van der Waals surface area contributed by atoms with E-state index in [2.05, 4.69) is 58.4 Å². The van der Waals surface area contributed by atoms with E-state index in [1.165, 1.54) is 42.6 Å². The van der Waals surface area contributed by atoms with Crippen molar-refractivity contribution in [2.75, 3.05) is 44.0 Å². The van der Waals surface area contributed by atoms with E-state index in [1.54, 1.807) is 18.1 Å². The first-order chi connectivity index (χ1) is 17.1. The fraction of sp³-hybridized carbons (Fsp3) is 0.357. The van der Waals surface area contributed by atoms with E-state index in [0.29, 0.717) is 31.5 Å². The number of fused-ring (bicyclic) bond motifs is 1. The number of methoxy groups -OCH3 is 1. The molecule has 182 valence electrons. The number of carbonyl (C=O) groups excluding carboxylic acids is 1. The number of rotatable bonds is 9. The van der Waals surface area contributed by atoms with Crippen LogP contribution in [0.5, 0.6) is 5.88 Å². The molecule has 0 aliphatic carbocycles. The van der Waals surface area contributed by atoms with Gasteiger partial charge in [-0.15, -0.1) is 0 Å². The van der Waals surface area contributed by atoms with E-state index < -0.39 is 0 Å². The number of ether oxygens (including phenoxy) is 2. The van der Waals surface area contributed by atoms with Crippen molar-refractivity contribution in [2.24, 2.45) is 0 Å². The second-order valence-electron chi connectivity index (χ2n) is 9.22. The Balaban J connectivity index is 1.30. The van der Waals surface area contributed by atoms with Gasteiger partial charge in [0, 0.05) is 25.3 Å². The van der Waals surface area contributed by atoms with Crippen LogP contribution in [0.4, 0.5) is 11.5 Å². The van der Waals surface area contributed by atoms with Gasteiger partial charge in [0.25, 0.3) is 0 Å². The molecule has 7 nitrogen and oxygen atoms in total. The highest BCUT2D eigenvalue weighted by molar-refractivity contribution is 6.03. The number of nitrogens with zero attached hydrogens (tertiary/aromatic N) is 3. The standard InChI is InChI=1S/C28H32N4O3/c1-34-13-14-35-26-17-25-24(28(29)30-26)16-27(33)32(25)19-20-7-9-22(10-8-20)23-6-4-5-21(15-23)18-31-11-2-3-12-31/h4-10,15,17H,2-3,11-14,16,18-19H2,1H3,(H2,29,30). The van der Waals surface area contributed by atoms with Crippen LogP contribution < -0.4 is 15.4 Å². The molecule has 2 aromatic carbocycles. The lowest BCUT2D eigenvalue weighted by molar-refractivity contribution is -0.117. The average Bonchev–Trinajstić information content (AvgIpc) is 3.48. The molecule has 0 unspecified atom stereocenters. The van der Waals surface area contributed by atoms with Crippen molar-refractivity contribution in [3.8, 4) is 17.0 Å². The van der Waals surface area contributed by atoms with Gasteiger partial charge in [-0.05, 0) is 54.3 Å². The van der Waals surface area contributed by atoms with Crippen LogP contribution in [-0.4, -0.2) is 49.2 Å². The fourth-order valence-corrected chi connectivity index (χ4v) is 4.87. The number of aromatic nitrogens is 1. The van der Waals surface area contributed by atoms with Crippen LogP contribution in [0.3, 0.4) is 0 Å². The van der Waals surface area contributed by atoms with Crippen LogP contribution in [0.1, 0.15) is 29.5 Å². The van der Waals surface area contributed by atoms with Gasteiger partial charge < -0.3 is 20.1 Å². The molecule has 0 bridgehead atoms. The van der Waals surface area contributed by atoms with Gasteiger partial charge in [0.15, 0.2) is 0 Å². The molecule has 0 spiro atoms. The molecule has 1 aromatic heterocycles. The average molecular weight is 473 g/mol. The minimum Gasteiger partial charge on any atom is -0.475 e. The number of anilines is 2. The van der Waals surface area contributed by atoms with Gasteiger partial charge in [0.2, 0.25) is 11.8 Å².